The average molecular weight is 454 g/mol. The van der Waals surface area contributed by atoms with Crippen molar-refractivity contribution in [3.63, 3.8) is 0 Å². The van der Waals surface area contributed by atoms with Crippen molar-refractivity contribution in [3.05, 3.63) is 60.6 Å². The smallest absolute Gasteiger partial charge is 0.213 e. The van der Waals surface area contributed by atoms with Gasteiger partial charge in [0.1, 0.15) is 0 Å². The van der Waals surface area contributed by atoms with Crippen LogP contribution < -0.4 is 5.32 Å². The van der Waals surface area contributed by atoms with Gasteiger partial charge in [-0.3, -0.25) is 4.90 Å². The summed E-state index contributed by atoms with van der Waals surface area (Å²) >= 11 is 0. The van der Waals surface area contributed by atoms with Gasteiger partial charge in [0, 0.05) is 38.4 Å². The molecule has 1 aliphatic rings. The van der Waals surface area contributed by atoms with Crippen LogP contribution in [0.25, 0.3) is 22.0 Å². The molecule has 32 heavy (non-hydrogen) atoms. The number of hydrogen-bond acceptors (Lipinski definition) is 6. The molecule has 1 atom stereocenters. The van der Waals surface area contributed by atoms with E-state index in [2.05, 4.69) is 45.5 Å². The van der Waals surface area contributed by atoms with Crippen LogP contribution in [0.2, 0.25) is 0 Å². The van der Waals surface area contributed by atoms with Gasteiger partial charge < -0.3 is 5.32 Å². The number of sulfonamides is 1. The number of nitrogens with one attached hydrogen (secondary N) is 1. The Hall–Kier alpha value is -2.39. The van der Waals surface area contributed by atoms with Crippen molar-refractivity contribution < 1.29 is 8.42 Å². The van der Waals surface area contributed by atoms with Gasteiger partial charge in [0.15, 0.2) is 5.82 Å². The Morgan fingerprint density at radius 2 is 1.84 bits per heavy atom. The average Bonchev–Trinajstić information content (AvgIpc) is 3.33. The van der Waals surface area contributed by atoms with Gasteiger partial charge in [0.05, 0.1) is 17.0 Å². The molecule has 7 nitrogen and oxygen atoms in total. The lowest BCUT2D eigenvalue weighted by atomic mass is 9.94. The molecule has 3 aromatic rings. The minimum absolute atomic E-state index is 0.108. The molecule has 1 fully saturated rings. The van der Waals surface area contributed by atoms with E-state index >= 15 is 0 Å². The van der Waals surface area contributed by atoms with E-state index in [4.69, 9.17) is 4.98 Å². The number of benzene rings is 2. The number of hydrogen-bond donors (Lipinski definition) is 1. The van der Waals surface area contributed by atoms with Gasteiger partial charge in [-0.2, -0.15) is 0 Å². The first-order chi connectivity index (χ1) is 15.4. The molecule has 8 heteroatoms. The van der Waals surface area contributed by atoms with Crippen molar-refractivity contribution in [3.8, 4) is 11.3 Å². The van der Waals surface area contributed by atoms with Gasteiger partial charge in [-0.15, -0.1) is 0 Å². The third-order valence-corrected chi connectivity index (χ3v) is 8.43. The summed E-state index contributed by atoms with van der Waals surface area (Å²) in [6.07, 6.45) is 2.70. The quantitative estimate of drug-likeness (QED) is 0.565. The maximum Gasteiger partial charge on any atom is 0.213 e. The zero-order valence-electron chi connectivity index (χ0n) is 19.0. The molecule has 0 bridgehead atoms. The lowest BCUT2D eigenvalue weighted by molar-refractivity contribution is 0.122. The number of rotatable bonds is 8. The Balaban J connectivity index is 1.62. The highest BCUT2D eigenvalue weighted by Gasteiger charge is 2.42. The SMILES string of the molecule is CCS(=O)(=O)N(C)CCN(C)[C@]1(c2nccc(-c3ccc4ccccc4c3)n2)CCNC1. The zero-order valence-corrected chi connectivity index (χ0v) is 19.8. The summed E-state index contributed by atoms with van der Waals surface area (Å²) in [6.45, 7) is 4.30. The molecule has 0 spiro atoms. The molecule has 2 aromatic carbocycles. The van der Waals surface area contributed by atoms with Gasteiger partial charge in [-0.25, -0.2) is 22.7 Å². The highest BCUT2D eigenvalue weighted by Crippen LogP contribution is 2.33. The fraction of sp³-hybridized carbons (Fsp3) is 0.417. The van der Waals surface area contributed by atoms with Crippen molar-refractivity contribution in [1.82, 2.24) is 24.5 Å². The highest BCUT2D eigenvalue weighted by atomic mass is 32.2. The molecule has 0 saturated carbocycles. The first-order valence-corrected chi connectivity index (χ1v) is 12.7. The Morgan fingerprint density at radius 3 is 2.56 bits per heavy atom. The highest BCUT2D eigenvalue weighted by molar-refractivity contribution is 7.89. The largest absolute Gasteiger partial charge is 0.314 e. The van der Waals surface area contributed by atoms with E-state index in [0.29, 0.717) is 13.1 Å². The molecular formula is C24H31N5O2S. The number of fused-ring (bicyclic) bond motifs is 1. The maximum absolute atomic E-state index is 12.1. The van der Waals surface area contributed by atoms with Crippen molar-refractivity contribution in [2.75, 3.05) is 46.0 Å². The van der Waals surface area contributed by atoms with Crippen LogP contribution in [0.15, 0.2) is 54.7 Å². The third kappa shape index (κ3) is 4.41. The summed E-state index contributed by atoms with van der Waals surface area (Å²) in [5.41, 5.74) is 1.58. The summed E-state index contributed by atoms with van der Waals surface area (Å²) in [5.74, 6) is 0.883. The van der Waals surface area contributed by atoms with Gasteiger partial charge in [-0.1, -0.05) is 36.4 Å². The standard InChI is InChI=1S/C24H31N5O2S/c1-4-32(30,31)29(3)16-15-28(2)24(12-14-25-18-24)23-26-13-11-22(27-23)21-10-9-19-7-5-6-8-20(19)17-21/h5-11,13,17,25H,4,12,14-16,18H2,1-3H3/t24-/m1/s1. The predicted octanol–water partition coefficient (Wildman–Crippen LogP) is 2.70. The van der Waals surface area contributed by atoms with Crippen LogP contribution in [0.1, 0.15) is 19.2 Å². The van der Waals surface area contributed by atoms with Crippen LogP contribution >= 0.6 is 0 Å². The van der Waals surface area contributed by atoms with E-state index in [1.54, 1.807) is 14.0 Å². The van der Waals surface area contributed by atoms with Crippen LogP contribution in [-0.4, -0.2) is 73.6 Å². The van der Waals surface area contributed by atoms with E-state index in [0.717, 1.165) is 36.6 Å². The topological polar surface area (TPSA) is 78.4 Å². The fourth-order valence-electron chi connectivity index (χ4n) is 4.32. The fourth-order valence-corrected chi connectivity index (χ4v) is 5.12. The van der Waals surface area contributed by atoms with Crippen molar-refractivity contribution in [2.45, 2.75) is 18.9 Å². The summed E-state index contributed by atoms with van der Waals surface area (Å²) in [7, 11) is 0.472. The molecule has 0 unspecified atom stereocenters. The van der Waals surface area contributed by atoms with Crippen LogP contribution in [0, 0.1) is 0 Å². The van der Waals surface area contributed by atoms with Crippen LogP contribution in [0.4, 0.5) is 0 Å². The lowest BCUT2D eigenvalue weighted by Crippen LogP contribution is -2.49. The molecule has 1 aliphatic heterocycles. The molecule has 0 amide bonds. The van der Waals surface area contributed by atoms with Gasteiger partial charge in [-0.05, 0) is 49.8 Å². The molecule has 1 saturated heterocycles. The van der Waals surface area contributed by atoms with E-state index in [1.807, 2.05) is 31.4 Å². The van der Waals surface area contributed by atoms with Crippen LogP contribution in [0.3, 0.4) is 0 Å². The molecule has 0 radical (unpaired) electrons. The van der Waals surface area contributed by atoms with E-state index < -0.39 is 10.0 Å². The van der Waals surface area contributed by atoms with E-state index in [9.17, 15) is 8.42 Å². The minimum Gasteiger partial charge on any atom is -0.314 e. The molecule has 0 aliphatic carbocycles. The number of likely N-dealkylation sites (N-methyl/N-ethyl adjacent to an activating group) is 2. The second kappa shape index (κ2) is 9.23. The summed E-state index contributed by atoms with van der Waals surface area (Å²) in [5, 5.41) is 5.83. The molecule has 1 N–H and O–H groups in total. The Labute approximate surface area is 190 Å². The second-order valence-corrected chi connectivity index (χ2v) is 10.8. The first-order valence-electron chi connectivity index (χ1n) is 11.0. The molecule has 1 aromatic heterocycles. The van der Waals surface area contributed by atoms with Crippen molar-refractivity contribution in [2.24, 2.45) is 0 Å². The number of nitrogens with zero attached hydrogens (tertiary/aromatic N) is 4. The molecule has 2 heterocycles. The Kier molecular flexibility index (Phi) is 6.57. The number of aromatic nitrogens is 2. The van der Waals surface area contributed by atoms with Gasteiger partial charge >= 0.3 is 0 Å². The summed E-state index contributed by atoms with van der Waals surface area (Å²) in [6, 6.07) is 16.6. The summed E-state index contributed by atoms with van der Waals surface area (Å²) < 4.78 is 25.7. The monoisotopic (exact) mass is 453 g/mol. The minimum atomic E-state index is -3.20. The molecular weight excluding hydrogens is 422 g/mol. The van der Waals surface area contributed by atoms with E-state index in [-0.39, 0.29) is 11.3 Å². The normalized spacial score (nSPS) is 19.3. The molecule has 4 rings (SSSR count). The van der Waals surface area contributed by atoms with Crippen LogP contribution in [0.5, 0.6) is 0 Å². The Bertz CT molecular complexity index is 1190. The van der Waals surface area contributed by atoms with Crippen molar-refractivity contribution >= 4 is 20.8 Å². The van der Waals surface area contributed by atoms with Gasteiger partial charge in [0.25, 0.3) is 0 Å². The first kappa shape index (κ1) is 22.8. The zero-order chi connectivity index (χ0) is 22.8. The lowest BCUT2D eigenvalue weighted by Gasteiger charge is -2.37. The third-order valence-electron chi connectivity index (χ3n) is 6.57. The maximum atomic E-state index is 12.1. The Morgan fingerprint density at radius 1 is 1.06 bits per heavy atom. The summed E-state index contributed by atoms with van der Waals surface area (Å²) in [4.78, 5) is 11.9. The predicted molar refractivity (Wildman–Crippen MR) is 129 cm³/mol. The molecule has 170 valence electrons. The van der Waals surface area contributed by atoms with Gasteiger partial charge in [0.2, 0.25) is 10.0 Å². The van der Waals surface area contributed by atoms with E-state index in [1.165, 1.54) is 15.1 Å². The van der Waals surface area contributed by atoms with Crippen molar-refractivity contribution in [1.29, 1.82) is 0 Å². The second-order valence-electron chi connectivity index (χ2n) is 8.43. The van der Waals surface area contributed by atoms with Crippen LogP contribution in [-0.2, 0) is 15.6 Å².